The Labute approximate surface area is 113 Å². The lowest BCUT2D eigenvalue weighted by Gasteiger charge is -2.19. The average molecular weight is 259 g/mol. The van der Waals surface area contributed by atoms with Gasteiger partial charge in [-0.15, -0.1) is 11.3 Å². The quantitative estimate of drug-likeness (QED) is 0.787. The fourth-order valence-corrected chi connectivity index (χ4v) is 4.13. The first-order valence-corrected chi connectivity index (χ1v) is 7.65. The maximum Gasteiger partial charge on any atom is 0.0349 e. The van der Waals surface area contributed by atoms with Crippen LogP contribution in [0.25, 0.3) is 10.1 Å². The van der Waals surface area contributed by atoms with Gasteiger partial charge in [-0.25, -0.2) is 0 Å². The molecule has 2 aromatic rings. The molecule has 1 saturated carbocycles. The van der Waals surface area contributed by atoms with Crippen LogP contribution in [0.2, 0.25) is 0 Å². The molecule has 1 fully saturated rings. The van der Waals surface area contributed by atoms with Gasteiger partial charge in [0, 0.05) is 16.4 Å². The van der Waals surface area contributed by atoms with E-state index in [-0.39, 0.29) is 0 Å². The highest BCUT2D eigenvalue weighted by Crippen LogP contribution is 2.42. The zero-order valence-corrected chi connectivity index (χ0v) is 12.2. The molecular formula is C16H21NS. The molecule has 0 radical (unpaired) electrons. The summed E-state index contributed by atoms with van der Waals surface area (Å²) in [5.41, 5.74) is 1.76. The van der Waals surface area contributed by atoms with Crippen LogP contribution in [-0.2, 0) is 0 Å². The summed E-state index contributed by atoms with van der Waals surface area (Å²) in [6, 6.07) is 9.55. The van der Waals surface area contributed by atoms with Crippen molar-refractivity contribution in [1.82, 2.24) is 0 Å². The first kappa shape index (κ1) is 12.0. The Morgan fingerprint density at radius 3 is 2.78 bits per heavy atom. The first-order chi connectivity index (χ1) is 8.53. The molecule has 1 heterocycles. The molecule has 0 bridgehead atoms. The normalized spacial score (nSPS) is 26.6. The Morgan fingerprint density at radius 2 is 2.06 bits per heavy atom. The van der Waals surface area contributed by atoms with Gasteiger partial charge >= 0.3 is 0 Å². The maximum absolute atomic E-state index is 3.73. The topological polar surface area (TPSA) is 12.0 Å². The minimum atomic E-state index is 0.490. The molecule has 0 amide bonds. The number of anilines is 1. The van der Waals surface area contributed by atoms with Crippen molar-refractivity contribution in [2.75, 3.05) is 5.32 Å². The van der Waals surface area contributed by atoms with E-state index in [1.807, 2.05) is 11.3 Å². The highest BCUT2D eigenvalue weighted by atomic mass is 32.1. The standard InChI is InChI=1S/C16H21NS/c1-11-9-16(2,3)10-14(11)17-13-4-5-15-12(8-13)6-7-18-15/h4-8,11,14,17H,9-10H2,1-3H3. The third-order valence-corrected chi connectivity index (χ3v) is 5.04. The Hall–Kier alpha value is -1.02. The first-order valence-electron chi connectivity index (χ1n) is 6.77. The second-order valence-corrected chi connectivity index (χ2v) is 7.42. The molecule has 0 spiro atoms. The van der Waals surface area contributed by atoms with Crippen LogP contribution in [0.1, 0.15) is 33.6 Å². The van der Waals surface area contributed by atoms with E-state index in [1.165, 1.54) is 28.6 Å². The molecular weight excluding hydrogens is 238 g/mol. The van der Waals surface area contributed by atoms with E-state index in [0.717, 1.165) is 5.92 Å². The van der Waals surface area contributed by atoms with Crippen molar-refractivity contribution < 1.29 is 0 Å². The lowest BCUT2D eigenvalue weighted by molar-refractivity contribution is 0.366. The lowest BCUT2D eigenvalue weighted by atomic mass is 9.91. The molecule has 1 nitrogen and oxygen atoms in total. The van der Waals surface area contributed by atoms with Crippen molar-refractivity contribution in [3.05, 3.63) is 29.6 Å². The molecule has 2 unspecified atom stereocenters. The second kappa shape index (κ2) is 4.27. The van der Waals surface area contributed by atoms with Crippen molar-refractivity contribution in [2.24, 2.45) is 11.3 Å². The zero-order chi connectivity index (χ0) is 12.8. The van der Waals surface area contributed by atoms with Gasteiger partial charge in [0.15, 0.2) is 0 Å². The predicted octanol–water partition coefficient (Wildman–Crippen LogP) is 5.14. The van der Waals surface area contributed by atoms with Crippen molar-refractivity contribution >= 4 is 27.1 Å². The summed E-state index contributed by atoms with van der Waals surface area (Å²) < 4.78 is 1.38. The maximum atomic E-state index is 3.73. The fourth-order valence-electron chi connectivity index (χ4n) is 3.36. The fraction of sp³-hybridized carbons (Fsp3) is 0.500. The smallest absolute Gasteiger partial charge is 0.0349 e. The van der Waals surface area contributed by atoms with Crippen LogP contribution in [0, 0.1) is 11.3 Å². The summed E-state index contributed by atoms with van der Waals surface area (Å²) in [6.45, 7) is 7.13. The highest BCUT2D eigenvalue weighted by Gasteiger charge is 2.36. The van der Waals surface area contributed by atoms with Gasteiger partial charge in [-0.05, 0) is 59.2 Å². The number of nitrogens with one attached hydrogen (secondary N) is 1. The Balaban J connectivity index is 1.80. The van der Waals surface area contributed by atoms with E-state index in [0.29, 0.717) is 11.5 Å². The summed E-state index contributed by atoms with van der Waals surface area (Å²) in [4.78, 5) is 0. The molecule has 0 saturated heterocycles. The van der Waals surface area contributed by atoms with Gasteiger partial charge in [0.1, 0.15) is 0 Å². The molecule has 1 aromatic carbocycles. The number of thiophene rings is 1. The van der Waals surface area contributed by atoms with Crippen LogP contribution in [0.3, 0.4) is 0 Å². The van der Waals surface area contributed by atoms with Crippen LogP contribution < -0.4 is 5.32 Å². The largest absolute Gasteiger partial charge is 0.382 e. The molecule has 1 aliphatic rings. The van der Waals surface area contributed by atoms with Gasteiger partial charge in [0.05, 0.1) is 0 Å². The number of benzene rings is 1. The van der Waals surface area contributed by atoms with Crippen LogP contribution in [-0.4, -0.2) is 6.04 Å². The van der Waals surface area contributed by atoms with Gasteiger partial charge in [0.25, 0.3) is 0 Å². The Morgan fingerprint density at radius 1 is 1.22 bits per heavy atom. The van der Waals surface area contributed by atoms with E-state index in [4.69, 9.17) is 0 Å². The lowest BCUT2D eigenvalue weighted by Crippen LogP contribution is -2.22. The van der Waals surface area contributed by atoms with Crippen molar-refractivity contribution in [3.8, 4) is 0 Å². The van der Waals surface area contributed by atoms with E-state index >= 15 is 0 Å². The SMILES string of the molecule is CC1CC(C)(C)CC1Nc1ccc2sccc2c1. The van der Waals surface area contributed by atoms with Gasteiger partial charge in [-0.1, -0.05) is 20.8 Å². The molecule has 1 aliphatic carbocycles. The average Bonchev–Trinajstić information content (AvgIpc) is 2.83. The van der Waals surface area contributed by atoms with Gasteiger partial charge in [-0.2, -0.15) is 0 Å². The number of hydrogen-bond acceptors (Lipinski definition) is 2. The molecule has 1 N–H and O–H groups in total. The summed E-state index contributed by atoms with van der Waals surface area (Å²) in [6.07, 6.45) is 2.60. The second-order valence-electron chi connectivity index (χ2n) is 6.47. The van der Waals surface area contributed by atoms with Gasteiger partial charge in [0.2, 0.25) is 0 Å². The van der Waals surface area contributed by atoms with Crippen LogP contribution in [0.5, 0.6) is 0 Å². The highest BCUT2D eigenvalue weighted by molar-refractivity contribution is 7.17. The third-order valence-electron chi connectivity index (χ3n) is 4.14. The van der Waals surface area contributed by atoms with Crippen molar-refractivity contribution in [2.45, 2.75) is 39.7 Å². The number of fused-ring (bicyclic) bond motifs is 1. The van der Waals surface area contributed by atoms with E-state index < -0.39 is 0 Å². The van der Waals surface area contributed by atoms with Crippen LogP contribution in [0.15, 0.2) is 29.6 Å². The molecule has 2 atom stereocenters. The predicted molar refractivity (Wildman–Crippen MR) is 81.4 cm³/mol. The van der Waals surface area contributed by atoms with Crippen molar-refractivity contribution in [3.63, 3.8) is 0 Å². The summed E-state index contributed by atoms with van der Waals surface area (Å²) in [7, 11) is 0. The zero-order valence-electron chi connectivity index (χ0n) is 11.4. The summed E-state index contributed by atoms with van der Waals surface area (Å²) in [5.74, 6) is 0.762. The summed E-state index contributed by atoms with van der Waals surface area (Å²) >= 11 is 1.81. The third kappa shape index (κ3) is 2.26. The van der Waals surface area contributed by atoms with Gasteiger partial charge in [-0.3, -0.25) is 0 Å². The van der Waals surface area contributed by atoms with Crippen LogP contribution >= 0.6 is 11.3 Å². The minimum absolute atomic E-state index is 0.490. The minimum Gasteiger partial charge on any atom is -0.382 e. The molecule has 18 heavy (non-hydrogen) atoms. The van der Waals surface area contributed by atoms with Crippen LogP contribution in [0.4, 0.5) is 5.69 Å². The molecule has 0 aliphatic heterocycles. The Bertz CT molecular complexity index is 555. The molecule has 96 valence electrons. The molecule has 3 rings (SSSR count). The summed E-state index contributed by atoms with van der Waals surface area (Å²) in [5, 5.41) is 7.25. The number of hydrogen-bond donors (Lipinski definition) is 1. The van der Waals surface area contributed by atoms with Gasteiger partial charge < -0.3 is 5.32 Å². The van der Waals surface area contributed by atoms with E-state index in [9.17, 15) is 0 Å². The van der Waals surface area contributed by atoms with E-state index in [2.05, 4.69) is 55.7 Å². The number of rotatable bonds is 2. The van der Waals surface area contributed by atoms with Crippen molar-refractivity contribution in [1.29, 1.82) is 0 Å². The van der Waals surface area contributed by atoms with E-state index in [1.54, 1.807) is 0 Å². The Kier molecular flexibility index (Phi) is 2.86. The molecule has 1 aromatic heterocycles. The monoisotopic (exact) mass is 259 g/mol. The molecule has 2 heteroatoms.